The zero-order valence-electron chi connectivity index (χ0n) is 11.7. The lowest BCUT2D eigenvalue weighted by Crippen LogP contribution is -2.23. The highest BCUT2D eigenvalue weighted by atomic mass is 16.4. The van der Waals surface area contributed by atoms with Crippen molar-refractivity contribution < 1.29 is 19.8 Å². The van der Waals surface area contributed by atoms with Gasteiger partial charge in [-0.1, -0.05) is 52.9 Å². The molecule has 0 rings (SSSR count). The fourth-order valence-electron chi connectivity index (χ4n) is 2.48. The van der Waals surface area contributed by atoms with Gasteiger partial charge in [-0.25, -0.2) is 0 Å². The van der Waals surface area contributed by atoms with Crippen LogP contribution in [0.25, 0.3) is 0 Å². The summed E-state index contributed by atoms with van der Waals surface area (Å²) in [6, 6.07) is 0. The maximum Gasteiger partial charge on any atom is 0.317 e. The second-order valence-corrected chi connectivity index (χ2v) is 5.04. The average Bonchev–Trinajstić information content (AvgIpc) is 2.33. The van der Waals surface area contributed by atoms with E-state index in [-0.39, 0.29) is 6.42 Å². The van der Waals surface area contributed by atoms with E-state index in [0.29, 0.717) is 11.8 Å². The van der Waals surface area contributed by atoms with Crippen LogP contribution in [0.4, 0.5) is 0 Å². The molecule has 106 valence electrons. The zero-order chi connectivity index (χ0) is 14.2. The predicted octanol–water partition coefficient (Wildman–Crippen LogP) is 3.55. The largest absolute Gasteiger partial charge is 0.481 e. The topological polar surface area (TPSA) is 74.6 Å². The zero-order valence-corrected chi connectivity index (χ0v) is 11.7. The molecular formula is C14H26O4. The second kappa shape index (κ2) is 8.11. The maximum atomic E-state index is 10.7. The Morgan fingerprint density at radius 1 is 0.944 bits per heavy atom. The molecular weight excluding hydrogens is 232 g/mol. The first-order valence-corrected chi connectivity index (χ1v) is 6.88. The van der Waals surface area contributed by atoms with Gasteiger partial charge in [-0.15, -0.1) is 0 Å². The van der Waals surface area contributed by atoms with Gasteiger partial charge in [0.25, 0.3) is 0 Å². The van der Waals surface area contributed by atoms with Gasteiger partial charge in [0.15, 0.2) is 5.92 Å². The summed E-state index contributed by atoms with van der Waals surface area (Å²) in [6.07, 6.45) is 6.25. The Hall–Kier alpha value is -1.06. The van der Waals surface area contributed by atoms with E-state index in [2.05, 4.69) is 20.8 Å². The summed E-state index contributed by atoms with van der Waals surface area (Å²) in [7, 11) is 0. The first kappa shape index (κ1) is 16.9. The van der Waals surface area contributed by atoms with Gasteiger partial charge in [0.05, 0.1) is 0 Å². The van der Waals surface area contributed by atoms with E-state index >= 15 is 0 Å². The van der Waals surface area contributed by atoms with Crippen LogP contribution in [-0.4, -0.2) is 22.2 Å². The molecule has 0 radical (unpaired) electrons. The summed E-state index contributed by atoms with van der Waals surface area (Å²) in [4.78, 5) is 21.4. The molecule has 18 heavy (non-hydrogen) atoms. The van der Waals surface area contributed by atoms with Crippen molar-refractivity contribution in [1.82, 2.24) is 0 Å². The molecule has 0 aromatic rings. The molecule has 0 aliphatic carbocycles. The third kappa shape index (κ3) is 5.07. The van der Waals surface area contributed by atoms with E-state index in [1.807, 2.05) is 0 Å². The van der Waals surface area contributed by atoms with Gasteiger partial charge in [-0.2, -0.15) is 0 Å². The van der Waals surface area contributed by atoms with E-state index in [1.165, 1.54) is 0 Å². The maximum absolute atomic E-state index is 10.7. The number of unbranched alkanes of at least 4 members (excludes halogenated alkanes) is 1. The monoisotopic (exact) mass is 258 g/mol. The Labute approximate surface area is 109 Å². The lowest BCUT2D eigenvalue weighted by atomic mass is 9.75. The van der Waals surface area contributed by atoms with Gasteiger partial charge >= 0.3 is 11.9 Å². The van der Waals surface area contributed by atoms with E-state index in [4.69, 9.17) is 10.2 Å². The van der Waals surface area contributed by atoms with Crippen LogP contribution in [0.3, 0.4) is 0 Å². The van der Waals surface area contributed by atoms with Gasteiger partial charge in [-0.3, -0.25) is 9.59 Å². The van der Waals surface area contributed by atoms with Crippen LogP contribution >= 0.6 is 0 Å². The molecule has 0 fully saturated rings. The quantitative estimate of drug-likeness (QED) is 0.464. The van der Waals surface area contributed by atoms with E-state index in [9.17, 15) is 9.59 Å². The van der Waals surface area contributed by atoms with Crippen LogP contribution in [0.1, 0.15) is 65.7 Å². The minimum atomic E-state index is -1.25. The lowest BCUT2D eigenvalue weighted by Gasteiger charge is -2.30. The molecule has 0 aromatic carbocycles. The van der Waals surface area contributed by atoms with E-state index in [0.717, 1.165) is 32.1 Å². The fourth-order valence-corrected chi connectivity index (χ4v) is 2.48. The standard InChI is InChI=1S/C14H26O4/c1-4-14(5-2,6-3)10-8-7-9-11(12(15)16)13(17)18/h11H,4-10H2,1-3H3,(H,15,16)(H,17,18). The lowest BCUT2D eigenvalue weighted by molar-refractivity contribution is -0.154. The third-order valence-corrected chi connectivity index (χ3v) is 4.30. The first-order chi connectivity index (χ1) is 8.42. The second-order valence-electron chi connectivity index (χ2n) is 5.04. The van der Waals surface area contributed by atoms with Crippen molar-refractivity contribution in [3.05, 3.63) is 0 Å². The molecule has 0 bridgehead atoms. The molecule has 0 aromatic heterocycles. The summed E-state index contributed by atoms with van der Waals surface area (Å²) in [6.45, 7) is 6.55. The smallest absolute Gasteiger partial charge is 0.317 e. The molecule has 0 heterocycles. The Morgan fingerprint density at radius 2 is 1.39 bits per heavy atom. The number of carbonyl (C=O) groups is 2. The first-order valence-electron chi connectivity index (χ1n) is 6.88. The van der Waals surface area contributed by atoms with Crippen molar-refractivity contribution in [2.75, 3.05) is 0 Å². The van der Waals surface area contributed by atoms with Crippen molar-refractivity contribution >= 4 is 11.9 Å². The van der Waals surface area contributed by atoms with Crippen LogP contribution < -0.4 is 0 Å². The van der Waals surface area contributed by atoms with Gasteiger partial charge in [0, 0.05) is 0 Å². The molecule has 4 nitrogen and oxygen atoms in total. The summed E-state index contributed by atoms with van der Waals surface area (Å²) >= 11 is 0. The van der Waals surface area contributed by atoms with Crippen molar-refractivity contribution in [3.8, 4) is 0 Å². The molecule has 0 aliphatic heterocycles. The summed E-state index contributed by atoms with van der Waals surface area (Å²) in [5.74, 6) is -3.70. The van der Waals surface area contributed by atoms with Crippen LogP contribution in [0, 0.1) is 11.3 Å². The SMILES string of the molecule is CCC(CC)(CC)CCCCC(C(=O)O)C(=O)O. The number of hydrogen-bond acceptors (Lipinski definition) is 2. The van der Waals surface area contributed by atoms with Crippen molar-refractivity contribution in [1.29, 1.82) is 0 Å². The van der Waals surface area contributed by atoms with Gasteiger partial charge in [-0.05, 0) is 18.3 Å². The summed E-state index contributed by atoms with van der Waals surface area (Å²) < 4.78 is 0. The Morgan fingerprint density at radius 3 is 1.72 bits per heavy atom. The highest BCUT2D eigenvalue weighted by Gasteiger charge is 2.26. The summed E-state index contributed by atoms with van der Waals surface area (Å²) in [5.41, 5.74) is 0.349. The molecule has 4 heteroatoms. The van der Waals surface area contributed by atoms with Crippen molar-refractivity contribution in [2.45, 2.75) is 65.7 Å². The van der Waals surface area contributed by atoms with E-state index in [1.54, 1.807) is 0 Å². The minimum absolute atomic E-state index is 0.234. The number of hydrogen-bond donors (Lipinski definition) is 2. The number of rotatable bonds is 10. The predicted molar refractivity (Wildman–Crippen MR) is 70.5 cm³/mol. The van der Waals surface area contributed by atoms with Crippen molar-refractivity contribution in [2.24, 2.45) is 11.3 Å². The average molecular weight is 258 g/mol. The third-order valence-electron chi connectivity index (χ3n) is 4.30. The molecule has 0 saturated heterocycles. The van der Waals surface area contributed by atoms with Crippen LogP contribution in [0.5, 0.6) is 0 Å². The molecule has 0 saturated carbocycles. The highest BCUT2D eigenvalue weighted by Crippen LogP contribution is 2.36. The molecule has 0 spiro atoms. The fraction of sp³-hybridized carbons (Fsp3) is 0.857. The molecule has 2 N–H and O–H groups in total. The molecule has 0 amide bonds. The van der Waals surface area contributed by atoms with Gasteiger partial charge in [0.1, 0.15) is 0 Å². The van der Waals surface area contributed by atoms with E-state index < -0.39 is 17.9 Å². The minimum Gasteiger partial charge on any atom is -0.481 e. The molecule has 0 aliphatic rings. The Bertz CT molecular complexity index is 247. The molecule has 0 unspecified atom stereocenters. The Kier molecular flexibility index (Phi) is 7.64. The van der Waals surface area contributed by atoms with Crippen molar-refractivity contribution in [3.63, 3.8) is 0 Å². The number of aliphatic carboxylic acids is 2. The van der Waals surface area contributed by atoms with Crippen LogP contribution in [0.2, 0.25) is 0 Å². The molecule has 0 atom stereocenters. The number of carboxylic acid groups (broad SMARTS) is 2. The van der Waals surface area contributed by atoms with Crippen LogP contribution in [-0.2, 0) is 9.59 Å². The Balaban J connectivity index is 4.11. The van der Waals surface area contributed by atoms with Gasteiger partial charge < -0.3 is 10.2 Å². The van der Waals surface area contributed by atoms with Crippen LogP contribution in [0.15, 0.2) is 0 Å². The highest BCUT2D eigenvalue weighted by molar-refractivity contribution is 5.92. The van der Waals surface area contributed by atoms with Gasteiger partial charge in [0.2, 0.25) is 0 Å². The normalized spacial score (nSPS) is 11.8. The summed E-state index contributed by atoms with van der Waals surface area (Å²) in [5, 5.41) is 17.5. The number of carboxylic acids is 2.